The van der Waals surface area contributed by atoms with Gasteiger partial charge in [-0.1, -0.05) is 26.1 Å². The molecule has 1 aromatic heterocycles. The van der Waals surface area contributed by atoms with E-state index in [0.717, 1.165) is 18.7 Å². The summed E-state index contributed by atoms with van der Waals surface area (Å²) < 4.78 is 2.11. The molecule has 1 rings (SSSR count). The number of nitrogens with two attached hydrogens (primary N) is 1. The van der Waals surface area contributed by atoms with Gasteiger partial charge in [-0.3, -0.25) is 0 Å². The minimum Gasteiger partial charge on any atom is -0.388 e. The average molecular weight is 196 g/mol. The van der Waals surface area contributed by atoms with Crippen LogP contribution < -0.4 is 5.73 Å². The molecule has 0 radical (unpaired) electrons. The predicted molar refractivity (Wildman–Crippen MR) is 59.8 cm³/mol. The Morgan fingerprint density at radius 1 is 1.62 bits per heavy atom. The summed E-state index contributed by atoms with van der Waals surface area (Å²) in [7, 11) is 0. The highest BCUT2D eigenvalue weighted by Gasteiger charge is 2.03. The summed E-state index contributed by atoms with van der Waals surface area (Å²) in [5.41, 5.74) is 6.54. The normalized spacial score (nSPS) is 10.7. The van der Waals surface area contributed by atoms with Crippen molar-refractivity contribution in [3.05, 3.63) is 24.0 Å². The van der Waals surface area contributed by atoms with E-state index in [-0.39, 0.29) is 0 Å². The number of aromatic nitrogens is 1. The smallest absolute Gasteiger partial charge is 0.120 e. The molecule has 72 valence electrons. The molecule has 0 spiro atoms. The summed E-state index contributed by atoms with van der Waals surface area (Å²) in [4.78, 5) is 0.480. The Bertz CT molecular complexity index is 289. The molecule has 0 aliphatic heterocycles. The van der Waals surface area contributed by atoms with Gasteiger partial charge in [-0.2, -0.15) is 0 Å². The molecule has 2 nitrogen and oxygen atoms in total. The average Bonchev–Trinajstić information content (AvgIpc) is 2.47. The summed E-state index contributed by atoms with van der Waals surface area (Å²) in [6.07, 6.45) is 3.18. The Balaban J connectivity index is 2.65. The van der Waals surface area contributed by atoms with Gasteiger partial charge in [-0.05, 0) is 24.5 Å². The Kier molecular flexibility index (Phi) is 3.48. The van der Waals surface area contributed by atoms with Crippen LogP contribution in [-0.4, -0.2) is 9.56 Å². The molecule has 2 N–H and O–H groups in total. The largest absolute Gasteiger partial charge is 0.388 e. The first kappa shape index (κ1) is 10.3. The quantitative estimate of drug-likeness (QED) is 0.748. The molecule has 0 aliphatic carbocycles. The van der Waals surface area contributed by atoms with Gasteiger partial charge in [0.25, 0.3) is 0 Å². The molecule has 0 atom stereocenters. The van der Waals surface area contributed by atoms with Crippen LogP contribution in [0.4, 0.5) is 0 Å². The summed E-state index contributed by atoms with van der Waals surface area (Å²) in [5.74, 6) is 0.710. The van der Waals surface area contributed by atoms with E-state index >= 15 is 0 Å². The van der Waals surface area contributed by atoms with Gasteiger partial charge in [0.05, 0.1) is 5.69 Å². The molecule has 0 aromatic carbocycles. The van der Waals surface area contributed by atoms with Crippen molar-refractivity contribution in [3.63, 3.8) is 0 Å². The van der Waals surface area contributed by atoms with Gasteiger partial charge in [0.15, 0.2) is 0 Å². The number of hydrogen-bond donors (Lipinski definition) is 1. The van der Waals surface area contributed by atoms with E-state index in [2.05, 4.69) is 18.4 Å². The molecule has 0 saturated carbocycles. The molecule has 0 aliphatic rings. The lowest BCUT2D eigenvalue weighted by atomic mass is 10.1. The van der Waals surface area contributed by atoms with Gasteiger partial charge < -0.3 is 10.3 Å². The van der Waals surface area contributed by atoms with Crippen LogP contribution in [0.15, 0.2) is 18.3 Å². The van der Waals surface area contributed by atoms with Gasteiger partial charge in [0.2, 0.25) is 0 Å². The number of aryl methyl sites for hydroxylation is 1. The van der Waals surface area contributed by atoms with Crippen molar-refractivity contribution in [3.8, 4) is 0 Å². The zero-order valence-electron chi connectivity index (χ0n) is 8.16. The van der Waals surface area contributed by atoms with Crippen LogP contribution in [0.5, 0.6) is 0 Å². The van der Waals surface area contributed by atoms with E-state index in [1.54, 1.807) is 0 Å². The predicted octanol–water partition coefficient (Wildman–Crippen LogP) is 2.17. The first-order chi connectivity index (χ1) is 6.11. The van der Waals surface area contributed by atoms with Crippen molar-refractivity contribution in [2.45, 2.75) is 26.8 Å². The minimum atomic E-state index is 0.480. The lowest BCUT2D eigenvalue weighted by molar-refractivity contribution is 0.516. The maximum Gasteiger partial charge on any atom is 0.120 e. The molecule has 0 unspecified atom stereocenters. The maximum absolute atomic E-state index is 5.58. The second-order valence-corrected chi connectivity index (χ2v) is 4.07. The van der Waals surface area contributed by atoms with Crippen LogP contribution in [0, 0.1) is 5.92 Å². The second kappa shape index (κ2) is 4.42. The minimum absolute atomic E-state index is 0.480. The van der Waals surface area contributed by atoms with E-state index in [4.69, 9.17) is 18.0 Å². The van der Waals surface area contributed by atoms with Crippen LogP contribution in [-0.2, 0) is 6.54 Å². The monoisotopic (exact) mass is 196 g/mol. The number of rotatable bonds is 4. The zero-order chi connectivity index (χ0) is 9.84. The van der Waals surface area contributed by atoms with Crippen LogP contribution >= 0.6 is 12.2 Å². The third kappa shape index (κ3) is 2.84. The maximum atomic E-state index is 5.58. The van der Waals surface area contributed by atoms with Crippen molar-refractivity contribution >= 4 is 17.2 Å². The highest BCUT2D eigenvalue weighted by atomic mass is 32.1. The first-order valence-electron chi connectivity index (χ1n) is 4.56. The Morgan fingerprint density at radius 3 is 2.85 bits per heavy atom. The zero-order valence-corrected chi connectivity index (χ0v) is 8.97. The summed E-state index contributed by atoms with van der Waals surface area (Å²) >= 11 is 4.94. The number of hydrogen-bond acceptors (Lipinski definition) is 1. The molecular weight excluding hydrogens is 180 g/mol. The Labute approximate surface area is 84.7 Å². The van der Waals surface area contributed by atoms with Gasteiger partial charge >= 0.3 is 0 Å². The molecule has 0 bridgehead atoms. The first-order valence-corrected chi connectivity index (χ1v) is 4.97. The van der Waals surface area contributed by atoms with Crippen LogP contribution in [0.3, 0.4) is 0 Å². The molecule has 0 saturated heterocycles. The topological polar surface area (TPSA) is 30.9 Å². The standard InChI is InChI=1S/C10H16N2S/c1-8(2)5-7-12-6-3-4-9(12)10(11)13/h3-4,6,8H,5,7H2,1-2H3,(H2,11,13). The molecular formula is C10H16N2S. The fourth-order valence-electron chi connectivity index (χ4n) is 1.23. The fourth-order valence-corrected chi connectivity index (χ4v) is 1.42. The van der Waals surface area contributed by atoms with Crippen molar-refractivity contribution in [2.75, 3.05) is 0 Å². The lowest BCUT2D eigenvalue weighted by Gasteiger charge is -2.09. The Hall–Kier alpha value is -0.830. The number of nitrogens with zero attached hydrogens (tertiary/aromatic N) is 1. The van der Waals surface area contributed by atoms with Gasteiger partial charge in [0.1, 0.15) is 4.99 Å². The third-order valence-electron chi connectivity index (χ3n) is 2.03. The van der Waals surface area contributed by atoms with Gasteiger partial charge in [-0.25, -0.2) is 0 Å². The lowest BCUT2D eigenvalue weighted by Crippen LogP contribution is -2.15. The third-order valence-corrected chi connectivity index (χ3v) is 2.24. The van der Waals surface area contributed by atoms with Crippen LogP contribution in [0.1, 0.15) is 26.0 Å². The van der Waals surface area contributed by atoms with Gasteiger partial charge in [0, 0.05) is 12.7 Å². The molecule has 3 heteroatoms. The van der Waals surface area contributed by atoms with Gasteiger partial charge in [-0.15, -0.1) is 0 Å². The highest BCUT2D eigenvalue weighted by molar-refractivity contribution is 7.80. The SMILES string of the molecule is CC(C)CCn1cccc1C(N)=S. The van der Waals surface area contributed by atoms with E-state index < -0.39 is 0 Å². The summed E-state index contributed by atoms with van der Waals surface area (Å²) in [5, 5.41) is 0. The van der Waals surface area contributed by atoms with Crippen molar-refractivity contribution in [1.29, 1.82) is 0 Å². The van der Waals surface area contributed by atoms with Crippen molar-refractivity contribution in [1.82, 2.24) is 4.57 Å². The molecule has 1 aromatic rings. The van der Waals surface area contributed by atoms with Crippen LogP contribution in [0.2, 0.25) is 0 Å². The van der Waals surface area contributed by atoms with E-state index in [0.29, 0.717) is 10.9 Å². The number of thiocarbonyl (C=S) groups is 1. The molecule has 13 heavy (non-hydrogen) atoms. The van der Waals surface area contributed by atoms with E-state index in [9.17, 15) is 0 Å². The van der Waals surface area contributed by atoms with Crippen molar-refractivity contribution < 1.29 is 0 Å². The van der Waals surface area contributed by atoms with E-state index in [1.807, 2.05) is 18.3 Å². The second-order valence-electron chi connectivity index (χ2n) is 3.63. The summed E-state index contributed by atoms with van der Waals surface area (Å²) in [6, 6.07) is 3.94. The molecule has 0 amide bonds. The van der Waals surface area contributed by atoms with E-state index in [1.165, 1.54) is 0 Å². The highest BCUT2D eigenvalue weighted by Crippen LogP contribution is 2.07. The fraction of sp³-hybridized carbons (Fsp3) is 0.500. The summed E-state index contributed by atoms with van der Waals surface area (Å²) in [6.45, 7) is 5.42. The molecule has 1 heterocycles. The van der Waals surface area contributed by atoms with Crippen LogP contribution in [0.25, 0.3) is 0 Å². The van der Waals surface area contributed by atoms with Crippen molar-refractivity contribution in [2.24, 2.45) is 11.7 Å². The molecule has 0 fully saturated rings. The Morgan fingerprint density at radius 2 is 2.31 bits per heavy atom.